The third-order valence-corrected chi connectivity index (χ3v) is 3.10. The molecule has 2 amide bonds. The minimum atomic E-state index is -0.808. The minimum Gasteiger partial charge on any atom is -0.465 e. The zero-order valence-electron chi connectivity index (χ0n) is 11.4. The fraction of sp³-hybridized carbons (Fsp3) is 0.214. The molecule has 0 aromatic heterocycles. The number of rotatable bonds is 2. The molecule has 0 radical (unpaired) electrons. The van der Waals surface area contributed by atoms with Crippen LogP contribution in [-0.2, 0) is 19.1 Å². The fourth-order valence-corrected chi connectivity index (χ4v) is 1.93. The van der Waals surface area contributed by atoms with Gasteiger partial charge in [0.05, 0.1) is 12.7 Å². The highest BCUT2D eigenvalue weighted by atomic mass is 16.5. The summed E-state index contributed by atoms with van der Waals surface area (Å²) in [5.41, 5.74) is 0.510. The number of ether oxygens (including phenoxy) is 1. The molecule has 2 heterocycles. The topological polar surface area (TPSA) is 66.9 Å². The lowest BCUT2D eigenvalue weighted by atomic mass is 10.1. The van der Waals surface area contributed by atoms with Crippen LogP contribution in [0.15, 0.2) is 47.3 Å². The molecule has 0 saturated heterocycles. The van der Waals surface area contributed by atoms with Gasteiger partial charge in [-0.3, -0.25) is 14.5 Å². The second-order valence-corrected chi connectivity index (χ2v) is 4.33. The Bertz CT molecular complexity index is 611. The third kappa shape index (κ3) is 2.16. The molecule has 0 aromatic rings. The first-order valence-corrected chi connectivity index (χ1v) is 5.91. The van der Waals surface area contributed by atoms with Crippen LogP contribution < -0.4 is 0 Å². The molecule has 2 rings (SSSR count). The number of nitrogens with zero attached hydrogens (tertiary/aromatic N) is 2. The van der Waals surface area contributed by atoms with E-state index in [1.165, 1.54) is 20.2 Å². The summed E-state index contributed by atoms with van der Waals surface area (Å²) in [6.45, 7) is 0. The molecule has 2 aliphatic rings. The van der Waals surface area contributed by atoms with Crippen LogP contribution >= 0.6 is 0 Å². The lowest BCUT2D eigenvalue weighted by molar-refractivity contribution is -0.140. The molecular formula is C14H14N2O4. The van der Waals surface area contributed by atoms with E-state index in [1.54, 1.807) is 30.3 Å². The Morgan fingerprint density at radius 2 is 1.90 bits per heavy atom. The molecule has 0 unspecified atom stereocenters. The first kappa shape index (κ1) is 13.8. The van der Waals surface area contributed by atoms with Crippen molar-refractivity contribution in [2.24, 2.45) is 0 Å². The molecule has 0 aromatic carbocycles. The number of methoxy groups -OCH3 is 1. The van der Waals surface area contributed by atoms with Gasteiger partial charge in [-0.05, 0) is 18.2 Å². The van der Waals surface area contributed by atoms with Gasteiger partial charge < -0.3 is 9.64 Å². The molecule has 0 saturated carbocycles. The highest BCUT2D eigenvalue weighted by molar-refractivity contribution is 6.31. The molecule has 6 heteroatoms. The van der Waals surface area contributed by atoms with Gasteiger partial charge in [0.25, 0.3) is 11.8 Å². The van der Waals surface area contributed by atoms with Crippen molar-refractivity contribution in [3.05, 3.63) is 47.3 Å². The fourth-order valence-electron chi connectivity index (χ4n) is 1.93. The number of allylic oxidation sites excluding steroid dienone is 3. The number of imide groups is 1. The number of esters is 1. The number of carbonyl (C=O) groups excluding carboxylic acids is 3. The zero-order chi connectivity index (χ0) is 14.9. The maximum absolute atomic E-state index is 12.1. The molecule has 104 valence electrons. The molecule has 0 atom stereocenters. The van der Waals surface area contributed by atoms with E-state index in [0.717, 1.165) is 4.90 Å². The van der Waals surface area contributed by atoms with Crippen LogP contribution in [0.5, 0.6) is 0 Å². The normalized spacial score (nSPS) is 20.4. The van der Waals surface area contributed by atoms with Crippen molar-refractivity contribution in [1.29, 1.82) is 0 Å². The van der Waals surface area contributed by atoms with Crippen molar-refractivity contribution in [2.75, 3.05) is 21.2 Å². The molecular weight excluding hydrogens is 260 g/mol. The van der Waals surface area contributed by atoms with Crippen LogP contribution in [-0.4, -0.2) is 48.8 Å². The second kappa shape index (κ2) is 5.16. The number of carbonyl (C=O) groups is 3. The molecule has 20 heavy (non-hydrogen) atoms. The van der Waals surface area contributed by atoms with Crippen molar-refractivity contribution in [2.45, 2.75) is 0 Å². The van der Waals surface area contributed by atoms with Gasteiger partial charge >= 0.3 is 5.97 Å². The van der Waals surface area contributed by atoms with Crippen molar-refractivity contribution in [3.63, 3.8) is 0 Å². The summed E-state index contributed by atoms with van der Waals surface area (Å²) < 4.78 is 4.58. The summed E-state index contributed by atoms with van der Waals surface area (Å²) in [6, 6.07) is 0. The van der Waals surface area contributed by atoms with Crippen LogP contribution in [0, 0.1) is 0 Å². The highest BCUT2D eigenvalue weighted by Crippen LogP contribution is 2.24. The van der Waals surface area contributed by atoms with Crippen LogP contribution in [0.4, 0.5) is 0 Å². The van der Waals surface area contributed by atoms with Gasteiger partial charge in [-0.1, -0.05) is 6.08 Å². The van der Waals surface area contributed by atoms with E-state index in [9.17, 15) is 14.4 Å². The summed E-state index contributed by atoms with van der Waals surface area (Å²) in [6.07, 6.45) is 8.72. The third-order valence-electron chi connectivity index (χ3n) is 3.10. The quantitative estimate of drug-likeness (QED) is 0.413. The van der Waals surface area contributed by atoms with Crippen LogP contribution in [0.25, 0.3) is 0 Å². The average molecular weight is 274 g/mol. The largest absolute Gasteiger partial charge is 0.465 e. The maximum Gasteiger partial charge on any atom is 0.344 e. The first-order chi connectivity index (χ1) is 9.47. The first-order valence-electron chi connectivity index (χ1n) is 5.91. The van der Waals surface area contributed by atoms with E-state index in [0.29, 0.717) is 5.70 Å². The second-order valence-electron chi connectivity index (χ2n) is 4.33. The highest BCUT2D eigenvalue weighted by Gasteiger charge is 2.39. The summed E-state index contributed by atoms with van der Waals surface area (Å²) in [5, 5.41) is 0. The van der Waals surface area contributed by atoms with Gasteiger partial charge in [-0.15, -0.1) is 0 Å². The van der Waals surface area contributed by atoms with Gasteiger partial charge in [-0.2, -0.15) is 0 Å². The molecule has 0 N–H and O–H groups in total. The Morgan fingerprint density at radius 3 is 2.50 bits per heavy atom. The number of hydrogen-bond donors (Lipinski definition) is 0. The number of amides is 2. The Hall–Kier alpha value is -2.63. The van der Waals surface area contributed by atoms with Crippen molar-refractivity contribution < 1.29 is 19.1 Å². The Kier molecular flexibility index (Phi) is 3.56. The molecule has 0 fully saturated rings. The Labute approximate surface area is 116 Å². The van der Waals surface area contributed by atoms with Crippen molar-refractivity contribution in [1.82, 2.24) is 9.80 Å². The predicted molar refractivity (Wildman–Crippen MR) is 70.9 cm³/mol. The summed E-state index contributed by atoms with van der Waals surface area (Å²) in [5.74, 6) is -1.97. The smallest absolute Gasteiger partial charge is 0.344 e. The molecule has 0 aliphatic carbocycles. The van der Waals surface area contributed by atoms with E-state index in [-0.39, 0.29) is 11.1 Å². The summed E-state index contributed by atoms with van der Waals surface area (Å²) in [7, 11) is 4.31. The SMILES string of the molecule is COC(=O)C1=C(/C=C2\C=CC=CN2C)C(=O)N(C)C1=O. The van der Waals surface area contributed by atoms with E-state index in [1.807, 2.05) is 6.08 Å². The van der Waals surface area contributed by atoms with Gasteiger partial charge in [0.15, 0.2) is 0 Å². The van der Waals surface area contributed by atoms with Gasteiger partial charge in [0, 0.05) is 26.0 Å². The van der Waals surface area contributed by atoms with Gasteiger partial charge in [-0.25, -0.2) is 4.79 Å². The lowest BCUT2D eigenvalue weighted by Crippen LogP contribution is -2.28. The average Bonchev–Trinajstić information content (AvgIpc) is 2.65. The van der Waals surface area contributed by atoms with E-state index in [2.05, 4.69) is 4.74 Å². The van der Waals surface area contributed by atoms with Crippen LogP contribution in [0.3, 0.4) is 0 Å². The van der Waals surface area contributed by atoms with Crippen LogP contribution in [0.2, 0.25) is 0 Å². The summed E-state index contributed by atoms with van der Waals surface area (Å²) >= 11 is 0. The van der Waals surface area contributed by atoms with Crippen LogP contribution in [0.1, 0.15) is 0 Å². The standard InChI is InChI=1S/C14H14N2O4/c1-15-7-5-4-6-9(15)8-10-11(14(19)20-3)13(18)16(2)12(10)17/h4-8H,1-3H3/b9-8+. The van der Waals surface area contributed by atoms with Crippen molar-refractivity contribution >= 4 is 17.8 Å². The number of likely N-dealkylation sites (N-methyl/N-ethyl adjacent to an activating group) is 2. The zero-order valence-corrected chi connectivity index (χ0v) is 11.4. The monoisotopic (exact) mass is 274 g/mol. The van der Waals surface area contributed by atoms with E-state index in [4.69, 9.17) is 0 Å². The lowest BCUT2D eigenvalue weighted by Gasteiger charge is -2.18. The molecule has 0 spiro atoms. The molecule has 6 nitrogen and oxygen atoms in total. The van der Waals surface area contributed by atoms with Gasteiger partial charge in [0.2, 0.25) is 0 Å². The van der Waals surface area contributed by atoms with Gasteiger partial charge in [0.1, 0.15) is 5.57 Å². The summed E-state index contributed by atoms with van der Waals surface area (Å²) in [4.78, 5) is 38.4. The van der Waals surface area contributed by atoms with E-state index >= 15 is 0 Å². The molecule has 2 aliphatic heterocycles. The molecule has 0 bridgehead atoms. The van der Waals surface area contributed by atoms with Crippen molar-refractivity contribution in [3.8, 4) is 0 Å². The Balaban J connectivity index is 2.52. The minimum absolute atomic E-state index is 0.0474. The Morgan fingerprint density at radius 1 is 1.20 bits per heavy atom. The van der Waals surface area contributed by atoms with E-state index < -0.39 is 17.8 Å². The number of hydrogen-bond acceptors (Lipinski definition) is 5. The maximum atomic E-state index is 12.1. The predicted octanol–water partition coefficient (Wildman–Crippen LogP) is 0.354.